The number of nitrogens with two attached hydrogens (primary N) is 2. The Labute approximate surface area is 144 Å². The number of guanidine groups is 1. The number of nitrogens with zero attached hydrogens (tertiary/aromatic N) is 1. The van der Waals surface area contributed by atoms with Crippen LogP contribution in [0.5, 0.6) is 0 Å². The third-order valence-corrected chi connectivity index (χ3v) is 4.56. The van der Waals surface area contributed by atoms with Crippen molar-refractivity contribution in [2.24, 2.45) is 11.6 Å². The Morgan fingerprint density at radius 2 is 0.957 bits per heavy atom. The molecule has 0 radical (unpaired) electrons. The van der Waals surface area contributed by atoms with Gasteiger partial charge in [0.15, 0.2) is 0 Å². The highest BCUT2D eigenvalue weighted by atomic mass is 15.4. The van der Waals surface area contributed by atoms with Gasteiger partial charge in [0.05, 0.1) is 0 Å². The van der Waals surface area contributed by atoms with E-state index in [0.717, 1.165) is 6.42 Å². The molecule has 0 fully saturated rings. The SMILES string of the molecule is CCCCCCCCCCCCCCCCCCN(N)C(=N)N. The maximum absolute atomic E-state index is 7.17. The van der Waals surface area contributed by atoms with Gasteiger partial charge in [-0.2, -0.15) is 0 Å². The number of hydrogen-bond acceptors (Lipinski definition) is 2. The van der Waals surface area contributed by atoms with Gasteiger partial charge in [-0.05, 0) is 6.42 Å². The maximum Gasteiger partial charge on any atom is 0.202 e. The number of nitrogens with one attached hydrogen (secondary N) is 1. The predicted molar refractivity (Wildman–Crippen MR) is 102 cm³/mol. The molecule has 0 saturated carbocycles. The van der Waals surface area contributed by atoms with E-state index in [1.54, 1.807) is 0 Å². The number of unbranched alkanes of at least 4 members (excludes halogenated alkanes) is 15. The quantitative estimate of drug-likeness (QED) is 0.111. The van der Waals surface area contributed by atoms with Gasteiger partial charge in [0.25, 0.3) is 0 Å². The second-order valence-corrected chi connectivity index (χ2v) is 6.88. The van der Waals surface area contributed by atoms with Gasteiger partial charge in [0, 0.05) is 6.54 Å². The zero-order valence-electron chi connectivity index (χ0n) is 15.6. The van der Waals surface area contributed by atoms with E-state index in [1.807, 2.05) is 0 Å². The van der Waals surface area contributed by atoms with Crippen LogP contribution >= 0.6 is 0 Å². The molecule has 0 rings (SSSR count). The number of hydrogen-bond donors (Lipinski definition) is 3. The van der Waals surface area contributed by atoms with E-state index in [4.69, 9.17) is 17.0 Å². The summed E-state index contributed by atoms with van der Waals surface area (Å²) in [4.78, 5) is 0. The van der Waals surface area contributed by atoms with E-state index in [1.165, 1.54) is 101 Å². The van der Waals surface area contributed by atoms with Crippen molar-refractivity contribution in [1.29, 1.82) is 5.41 Å². The number of rotatable bonds is 17. The fourth-order valence-corrected chi connectivity index (χ4v) is 2.95. The summed E-state index contributed by atoms with van der Waals surface area (Å²) in [6.07, 6.45) is 21.9. The van der Waals surface area contributed by atoms with Crippen LogP contribution < -0.4 is 11.6 Å². The van der Waals surface area contributed by atoms with E-state index in [9.17, 15) is 0 Å². The van der Waals surface area contributed by atoms with Crippen LogP contribution in [0.25, 0.3) is 0 Å². The molecule has 0 atom stereocenters. The smallest absolute Gasteiger partial charge is 0.202 e. The molecular weight excluding hydrogens is 284 g/mol. The Balaban J connectivity index is 3.04. The molecule has 0 amide bonds. The van der Waals surface area contributed by atoms with Crippen molar-refractivity contribution in [2.45, 2.75) is 110 Å². The summed E-state index contributed by atoms with van der Waals surface area (Å²) in [6, 6.07) is 0. The average Bonchev–Trinajstić information content (AvgIpc) is 2.54. The molecule has 0 aliphatic carbocycles. The molecule has 4 nitrogen and oxygen atoms in total. The van der Waals surface area contributed by atoms with Gasteiger partial charge < -0.3 is 5.73 Å². The first kappa shape index (κ1) is 22.2. The minimum absolute atomic E-state index is 0.0361. The first-order chi connectivity index (χ1) is 11.2. The van der Waals surface area contributed by atoms with Gasteiger partial charge in [-0.15, -0.1) is 0 Å². The topological polar surface area (TPSA) is 79.1 Å². The van der Waals surface area contributed by atoms with Gasteiger partial charge in [-0.1, -0.05) is 103 Å². The Morgan fingerprint density at radius 3 is 1.26 bits per heavy atom. The third-order valence-electron chi connectivity index (χ3n) is 4.56. The molecule has 4 heteroatoms. The maximum atomic E-state index is 7.17. The monoisotopic (exact) mass is 326 g/mol. The second-order valence-electron chi connectivity index (χ2n) is 6.88. The molecule has 0 unspecified atom stereocenters. The highest BCUT2D eigenvalue weighted by molar-refractivity contribution is 5.73. The van der Waals surface area contributed by atoms with Crippen molar-refractivity contribution in [3.8, 4) is 0 Å². The summed E-state index contributed by atoms with van der Waals surface area (Å²) in [5.74, 6) is 5.52. The van der Waals surface area contributed by atoms with Gasteiger partial charge in [0.2, 0.25) is 5.96 Å². The van der Waals surface area contributed by atoms with Crippen LogP contribution in [0.4, 0.5) is 0 Å². The Bertz CT molecular complexity index is 256. The standard InChI is InChI=1S/C19H42N4/c1-2-3-4-5-6-7-8-9-10-11-12-13-14-15-16-17-18-23(22)19(20)21/h2-18,22H2,1H3,(H3,20,21). The van der Waals surface area contributed by atoms with Gasteiger partial charge in [-0.25, -0.2) is 5.84 Å². The summed E-state index contributed by atoms with van der Waals surface area (Å²) in [5, 5.41) is 8.49. The summed E-state index contributed by atoms with van der Waals surface area (Å²) < 4.78 is 0. The van der Waals surface area contributed by atoms with E-state index in [2.05, 4.69) is 6.92 Å². The lowest BCUT2D eigenvalue weighted by molar-refractivity contribution is 0.409. The van der Waals surface area contributed by atoms with Gasteiger partial charge in [-0.3, -0.25) is 10.4 Å². The van der Waals surface area contributed by atoms with Crippen LogP contribution in [-0.2, 0) is 0 Å². The van der Waals surface area contributed by atoms with Crippen molar-refractivity contribution < 1.29 is 0 Å². The summed E-state index contributed by atoms with van der Waals surface area (Å²) in [6.45, 7) is 2.98. The first-order valence-electron chi connectivity index (χ1n) is 10.0. The fourth-order valence-electron chi connectivity index (χ4n) is 2.95. The largest absolute Gasteiger partial charge is 0.369 e. The molecular formula is C19H42N4. The van der Waals surface area contributed by atoms with Crippen molar-refractivity contribution in [2.75, 3.05) is 6.54 Å². The van der Waals surface area contributed by atoms with Gasteiger partial charge >= 0.3 is 0 Å². The molecule has 23 heavy (non-hydrogen) atoms. The van der Waals surface area contributed by atoms with Crippen LogP contribution in [0.15, 0.2) is 0 Å². The zero-order valence-corrected chi connectivity index (χ0v) is 15.6. The van der Waals surface area contributed by atoms with Crippen LogP contribution in [0.1, 0.15) is 110 Å². The molecule has 138 valence electrons. The third kappa shape index (κ3) is 17.4. The van der Waals surface area contributed by atoms with E-state index in [0.29, 0.717) is 6.54 Å². The lowest BCUT2D eigenvalue weighted by Crippen LogP contribution is -2.42. The molecule has 0 heterocycles. The minimum atomic E-state index is -0.0361. The fraction of sp³-hybridized carbons (Fsp3) is 0.947. The Kier molecular flexibility index (Phi) is 17.0. The van der Waals surface area contributed by atoms with Crippen molar-refractivity contribution >= 4 is 5.96 Å². The second kappa shape index (κ2) is 17.6. The van der Waals surface area contributed by atoms with Crippen LogP contribution in [-0.4, -0.2) is 17.5 Å². The molecule has 0 aliphatic rings. The molecule has 0 aromatic carbocycles. The number of hydrazine groups is 1. The lowest BCUT2D eigenvalue weighted by Gasteiger charge is -2.15. The van der Waals surface area contributed by atoms with Crippen molar-refractivity contribution in [3.63, 3.8) is 0 Å². The molecule has 0 aliphatic heterocycles. The van der Waals surface area contributed by atoms with E-state index < -0.39 is 0 Å². The van der Waals surface area contributed by atoms with Crippen molar-refractivity contribution in [1.82, 2.24) is 5.01 Å². The Hall–Kier alpha value is -0.770. The molecule has 0 aromatic heterocycles. The van der Waals surface area contributed by atoms with Crippen LogP contribution in [0, 0.1) is 5.41 Å². The summed E-state index contributed by atoms with van der Waals surface area (Å²) in [7, 11) is 0. The molecule has 0 bridgehead atoms. The normalized spacial score (nSPS) is 10.9. The van der Waals surface area contributed by atoms with Crippen molar-refractivity contribution in [3.05, 3.63) is 0 Å². The predicted octanol–water partition coefficient (Wildman–Crippen LogP) is 5.32. The molecule has 5 N–H and O–H groups in total. The Morgan fingerprint density at radius 1 is 0.652 bits per heavy atom. The minimum Gasteiger partial charge on any atom is -0.369 e. The highest BCUT2D eigenvalue weighted by Gasteiger charge is 1.99. The van der Waals surface area contributed by atoms with Crippen LogP contribution in [0.3, 0.4) is 0 Å². The van der Waals surface area contributed by atoms with E-state index in [-0.39, 0.29) is 5.96 Å². The molecule has 0 aromatic rings. The lowest BCUT2D eigenvalue weighted by atomic mass is 10.0. The van der Waals surface area contributed by atoms with Crippen LogP contribution in [0.2, 0.25) is 0 Å². The highest BCUT2D eigenvalue weighted by Crippen LogP contribution is 2.13. The molecule has 0 saturated heterocycles. The van der Waals surface area contributed by atoms with Gasteiger partial charge in [0.1, 0.15) is 0 Å². The summed E-state index contributed by atoms with van der Waals surface area (Å²) >= 11 is 0. The first-order valence-corrected chi connectivity index (χ1v) is 10.0. The summed E-state index contributed by atoms with van der Waals surface area (Å²) in [5.41, 5.74) is 5.29. The van der Waals surface area contributed by atoms with E-state index >= 15 is 0 Å². The molecule has 0 spiro atoms. The zero-order chi connectivity index (χ0) is 17.2. The average molecular weight is 327 g/mol.